The van der Waals surface area contributed by atoms with E-state index < -0.39 is 11.7 Å². The van der Waals surface area contributed by atoms with Crippen LogP contribution < -0.4 is 4.74 Å². The Bertz CT molecular complexity index is 279. The summed E-state index contributed by atoms with van der Waals surface area (Å²) in [6.07, 6.45) is -4.32. The number of hydrogen-bond donors (Lipinski definition) is 1. The summed E-state index contributed by atoms with van der Waals surface area (Å²) < 4.78 is 41.2. The number of alkyl halides is 3. The molecule has 0 fully saturated rings. The lowest BCUT2D eigenvalue weighted by atomic mass is 10.2. The molecule has 0 unspecified atom stereocenters. The van der Waals surface area contributed by atoms with Crippen LogP contribution in [0.3, 0.4) is 0 Å². The Labute approximate surface area is 78.9 Å². The summed E-state index contributed by atoms with van der Waals surface area (Å²) >= 11 is 0. The molecule has 0 spiro atoms. The molecule has 0 saturated heterocycles. The van der Waals surface area contributed by atoms with E-state index in [9.17, 15) is 13.2 Å². The molecule has 1 aromatic carbocycles. The third-order valence-electron chi connectivity index (χ3n) is 1.54. The van der Waals surface area contributed by atoms with Crippen LogP contribution in [0.5, 0.6) is 5.75 Å². The van der Waals surface area contributed by atoms with Gasteiger partial charge in [-0.3, -0.25) is 0 Å². The number of hydrogen-bond acceptors (Lipinski definition) is 2. The van der Waals surface area contributed by atoms with E-state index in [4.69, 9.17) is 9.84 Å². The van der Waals surface area contributed by atoms with E-state index in [0.29, 0.717) is 5.75 Å². The largest absolute Gasteiger partial charge is 0.491 e. The zero-order chi connectivity index (χ0) is 10.6. The van der Waals surface area contributed by atoms with Gasteiger partial charge in [-0.1, -0.05) is 0 Å². The highest BCUT2D eigenvalue weighted by Gasteiger charge is 2.29. The highest BCUT2D eigenvalue weighted by molar-refractivity contribution is 5.28. The number of ether oxygens (including phenoxy) is 1. The lowest BCUT2D eigenvalue weighted by Crippen LogP contribution is -2.05. The Kier molecular flexibility index (Phi) is 3.35. The van der Waals surface area contributed by atoms with Gasteiger partial charge in [0, 0.05) is 0 Å². The SMILES string of the molecule is OCCOc1ccc(C(F)(F)F)cc1. The maximum Gasteiger partial charge on any atom is 0.416 e. The molecule has 0 amide bonds. The van der Waals surface area contributed by atoms with Gasteiger partial charge in [0.25, 0.3) is 0 Å². The van der Waals surface area contributed by atoms with E-state index in [0.717, 1.165) is 12.1 Å². The van der Waals surface area contributed by atoms with Crippen molar-refractivity contribution in [2.45, 2.75) is 6.18 Å². The Hall–Kier alpha value is -1.23. The van der Waals surface area contributed by atoms with E-state index in [1.807, 2.05) is 0 Å². The molecule has 0 aliphatic carbocycles. The molecular weight excluding hydrogens is 197 g/mol. The van der Waals surface area contributed by atoms with Gasteiger partial charge in [0.1, 0.15) is 12.4 Å². The highest BCUT2D eigenvalue weighted by Crippen LogP contribution is 2.30. The highest BCUT2D eigenvalue weighted by atomic mass is 19.4. The minimum Gasteiger partial charge on any atom is -0.491 e. The summed E-state index contributed by atoms with van der Waals surface area (Å²) in [5, 5.41) is 8.41. The van der Waals surface area contributed by atoms with Gasteiger partial charge in [-0.15, -0.1) is 0 Å². The summed E-state index contributed by atoms with van der Waals surface area (Å²) in [6, 6.07) is 4.32. The summed E-state index contributed by atoms with van der Waals surface area (Å²) in [5.74, 6) is 0.312. The van der Waals surface area contributed by atoms with Crippen LogP contribution >= 0.6 is 0 Å². The smallest absolute Gasteiger partial charge is 0.416 e. The summed E-state index contributed by atoms with van der Waals surface area (Å²) in [5.41, 5.74) is -0.714. The molecule has 0 heterocycles. The van der Waals surface area contributed by atoms with E-state index in [1.165, 1.54) is 12.1 Å². The molecule has 0 aromatic heterocycles. The van der Waals surface area contributed by atoms with E-state index >= 15 is 0 Å². The molecule has 0 saturated carbocycles. The molecule has 2 nitrogen and oxygen atoms in total. The minimum absolute atomic E-state index is 0.0748. The van der Waals surface area contributed by atoms with Gasteiger partial charge in [-0.2, -0.15) is 13.2 Å². The first-order chi connectivity index (χ1) is 6.54. The van der Waals surface area contributed by atoms with Gasteiger partial charge in [0.05, 0.1) is 12.2 Å². The Morgan fingerprint density at radius 1 is 1.14 bits per heavy atom. The van der Waals surface area contributed by atoms with Crippen LogP contribution in [0.1, 0.15) is 5.56 Å². The van der Waals surface area contributed by atoms with E-state index in [-0.39, 0.29) is 13.2 Å². The first-order valence-electron chi connectivity index (χ1n) is 3.95. The third kappa shape index (κ3) is 2.92. The summed E-state index contributed by atoms with van der Waals surface area (Å²) in [6.45, 7) is -0.0909. The standard InChI is InChI=1S/C9H9F3O2/c10-9(11,12)7-1-3-8(4-2-7)14-6-5-13/h1-4,13H,5-6H2. The van der Waals surface area contributed by atoms with Gasteiger partial charge in [-0.25, -0.2) is 0 Å². The maximum atomic E-state index is 12.1. The molecule has 0 aliphatic rings. The van der Waals surface area contributed by atoms with Crippen molar-refractivity contribution in [2.24, 2.45) is 0 Å². The van der Waals surface area contributed by atoms with Crippen LogP contribution in [0, 0.1) is 0 Å². The second kappa shape index (κ2) is 4.32. The molecular formula is C9H9F3O2. The van der Waals surface area contributed by atoms with Gasteiger partial charge in [-0.05, 0) is 24.3 Å². The molecule has 1 N–H and O–H groups in total. The fourth-order valence-electron chi connectivity index (χ4n) is 0.904. The van der Waals surface area contributed by atoms with Crippen LogP contribution in [0.15, 0.2) is 24.3 Å². The van der Waals surface area contributed by atoms with Gasteiger partial charge in [0.2, 0.25) is 0 Å². The molecule has 0 bridgehead atoms. The molecule has 78 valence electrons. The molecule has 5 heteroatoms. The summed E-state index contributed by atoms with van der Waals surface area (Å²) in [7, 11) is 0. The molecule has 0 atom stereocenters. The lowest BCUT2D eigenvalue weighted by molar-refractivity contribution is -0.137. The summed E-state index contributed by atoms with van der Waals surface area (Å²) in [4.78, 5) is 0. The van der Waals surface area contributed by atoms with E-state index in [1.54, 1.807) is 0 Å². The van der Waals surface area contributed by atoms with Crippen molar-refractivity contribution in [1.29, 1.82) is 0 Å². The molecule has 0 radical (unpaired) electrons. The number of aliphatic hydroxyl groups is 1. The predicted molar refractivity (Wildman–Crippen MR) is 44.0 cm³/mol. The number of rotatable bonds is 3. The van der Waals surface area contributed by atoms with Crippen LogP contribution in [0.25, 0.3) is 0 Å². The topological polar surface area (TPSA) is 29.5 Å². The number of benzene rings is 1. The minimum atomic E-state index is -4.32. The van der Waals surface area contributed by atoms with Crippen molar-refractivity contribution in [3.63, 3.8) is 0 Å². The van der Waals surface area contributed by atoms with Crippen molar-refractivity contribution in [3.8, 4) is 5.75 Å². The molecule has 1 rings (SSSR count). The van der Waals surface area contributed by atoms with Crippen LogP contribution in [-0.4, -0.2) is 18.3 Å². The molecule has 1 aromatic rings. The first-order valence-corrected chi connectivity index (χ1v) is 3.95. The average Bonchev–Trinajstić information content (AvgIpc) is 2.14. The molecule has 14 heavy (non-hydrogen) atoms. The number of aliphatic hydroxyl groups excluding tert-OH is 1. The predicted octanol–water partition coefficient (Wildman–Crippen LogP) is 2.08. The van der Waals surface area contributed by atoms with Crippen molar-refractivity contribution in [1.82, 2.24) is 0 Å². The van der Waals surface area contributed by atoms with Crippen molar-refractivity contribution < 1.29 is 23.0 Å². The van der Waals surface area contributed by atoms with Crippen molar-refractivity contribution >= 4 is 0 Å². The first kappa shape index (κ1) is 10.8. The Morgan fingerprint density at radius 2 is 1.71 bits per heavy atom. The van der Waals surface area contributed by atoms with Crippen LogP contribution in [0.2, 0.25) is 0 Å². The number of halogens is 3. The van der Waals surface area contributed by atoms with Gasteiger partial charge < -0.3 is 9.84 Å². The van der Waals surface area contributed by atoms with E-state index in [2.05, 4.69) is 0 Å². The van der Waals surface area contributed by atoms with Gasteiger partial charge in [0.15, 0.2) is 0 Å². The van der Waals surface area contributed by atoms with Crippen LogP contribution in [0.4, 0.5) is 13.2 Å². The Balaban J connectivity index is 2.69. The monoisotopic (exact) mass is 206 g/mol. The maximum absolute atomic E-state index is 12.1. The second-order valence-corrected chi connectivity index (χ2v) is 2.59. The lowest BCUT2D eigenvalue weighted by Gasteiger charge is -2.08. The van der Waals surface area contributed by atoms with Crippen molar-refractivity contribution in [2.75, 3.05) is 13.2 Å². The quantitative estimate of drug-likeness (QED) is 0.820. The normalized spacial score (nSPS) is 11.4. The fourth-order valence-corrected chi connectivity index (χ4v) is 0.904. The van der Waals surface area contributed by atoms with Gasteiger partial charge >= 0.3 is 6.18 Å². The zero-order valence-electron chi connectivity index (χ0n) is 7.21. The third-order valence-corrected chi connectivity index (χ3v) is 1.54. The average molecular weight is 206 g/mol. The fraction of sp³-hybridized carbons (Fsp3) is 0.333. The Morgan fingerprint density at radius 3 is 2.14 bits per heavy atom. The van der Waals surface area contributed by atoms with Crippen LogP contribution in [-0.2, 0) is 6.18 Å². The zero-order valence-corrected chi connectivity index (χ0v) is 7.21. The molecule has 0 aliphatic heterocycles. The second-order valence-electron chi connectivity index (χ2n) is 2.59. The van der Waals surface area contributed by atoms with Crippen molar-refractivity contribution in [3.05, 3.63) is 29.8 Å².